The highest BCUT2D eigenvalue weighted by Gasteiger charge is 2.45. The SMILES string of the molecule is Bc1cccc(C2(C)NC(=N)N(C)C2=O)c1. The molecule has 1 aliphatic rings. The van der Waals surface area contributed by atoms with Gasteiger partial charge in [0.1, 0.15) is 13.4 Å². The summed E-state index contributed by atoms with van der Waals surface area (Å²) >= 11 is 0. The van der Waals surface area contributed by atoms with Crippen molar-refractivity contribution in [2.24, 2.45) is 0 Å². The van der Waals surface area contributed by atoms with Crippen LogP contribution >= 0.6 is 0 Å². The standard InChI is InChI=1S/C11H14BN3O/c1-11(7-4-3-5-8(12)6-7)9(16)15(2)10(13)14-11/h3-6H,12H2,1-2H3,(H2,13,14). The predicted molar refractivity (Wildman–Crippen MR) is 65.6 cm³/mol. The van der Waals surface area contributed by atoms with E-state index in [1.165, 1.54) is 4.90 Å². The lowest BCUT2D eigenvalue weighted by Crippen LogP contribution is -2.41. The van der Waals surface area contributed by atoms with Gasteiger partial charge in [0.25, 0.3) is 5.91 Å². The summed E-state index contributed by atoms with van der Waals surface area (Å²) in [4.78, 5) is 13.4. The van der Waals surface area contributed by atoms with Crippen molar-refractivity contribution in [3.8, 4) is 0 Å². The molecule has 1 amide bonds. The van der Waals surface area contributed by atoms with Gasteiger partial charge < -0.3 is 5.32 Å². The number of nitrogens with zero attached hydrogens (tertiary/aromatic N) is 1. The Morgan fingerprint density at radius 2 is 2.19 bits per heavy atom. The number of carbonyl (C=O) groups is 1. The summed E-state index contributed by atoms with van der Waals surface area (Å²) in [6.07, 6.45) is 0. The van der Waals surface area contributed by atoms with Gasteiger partial charge in [-0.3, -0.25) is 15.1 Å². The zero-order chi connectivity index (χ0) is 11.9. The minimum atomic E-state index is -0.808. The summed E-state index contributed by atoms with van der Waals surface area (Å²) < 4.78 is 0. The Bertz CT molecular complexity index is 474. The Morgan fingerprint density at radius 1 is 1.50 bits per heavy atom. The highest BCUT2D eigenvalue weighted by atomic mass is 16.2. The van der Waals surface area contributed by atoms with Crippen LogP contribution in [0.15, 0.2) is 24.3 Å². The van der Waals surface area contributed by atoms with E-state index >= 15 is 0 Å². The first kappa shape index (κ1) is 10.7. The van der Waals surface area contributed by atoms with Gasteiger partial charge in [-0.1, -0.05) is 29.7 Å². The Labute approximate surface area is 95.6 Å². The molecule has 2 N–H and O–H groups in total. The van der Waals surface area contributed by atoms with Crippen molar-refractivity contribution >= 4 is 25.2 Å². The number of guanidine groups is 1. The average Bonchev–Trinajstić information content (AvgIpc) is 2.44. The minimum Gasteiger partial charge on any atom is -0.338 e. The molecule has 82 valence electrons. The number of hydrogen-bond acceptors (Lipinski definition) is 2. The van der Waals surface area contributed by atoms with Crippen molar-refractivity contribution in [1.29, 1.82) is 5.41 Å². The van der Waals surface area contributed by atoms with Crippen LogP contribution < -0.4 is 10.8 Å². The molecule has 5 heteroatoms. The summed E-state index contributed by atoms with van der Waals surface area (Å²) in [5.41, 5.74) is 1.19. The molecule has 16 heavy (non-hydrogen) atoms. The molecular weight excluding hydrogens is 201 g/mol. The second kappa shape index (κ2) is 3.37. The molecule has 1 aromatic carbocycles. The van der Waals surface area contributed by atoms with Gasteiger partial charge in [0, 0.05) is 7.05 Å². The number of rotatable bonds is 1. The van der Waals surface area contributed by atoms with E-state index in [1.54, 1.807) is 7.05 Å². The molecule has 1 aliphatic heterocycles. The molecule has 1 saturated heterocycles. The Morgan fingerprint density at radius 3 is 2.69 bits per heavy atom. The van der Waals surface area contributed by atoms with E-state index in [9.17, 15) is 4.79 Å². The van der Waals surface area contributed by atoms with Crippen LogP contribution in [-0.4, -0.2) is 31.7 Å². The lowest BCUT2D eigenvalue weighted by atomic mass is 9.86. The Kier molecular flexibility index (Phi) is 2.26. The molecule has 0 aromatic heterocycles. The largest absolute Gasteiger partial charge is 0.338 e. The normalized spacial score (nSPS) is 24.8. The first-order valence-electron chi connectivity index (χ1n) is 5.17. The monoisotopic (exact) mass is 215 g/mol. The number of benzene rings is 1. The van der Waals surface area contributed by atoms with Crippen LogP contribution in [0.1, 0.15) is 12.5 Å². The lowest BCUT2D eigenvalue weighted by Gasteiger charge is -2.22. The molecule has 0 aliphatic carbocycles. The number of nitrogens with one attached hydrogen (secondary N) is 2. The van der Waals surface area contributed by atoms with Crippen LogP contribution in [0, 0.1) is 5.41 Å². The highest BCUT2D eigenvalue weighted by Crippen LogP contribution is 2.26. The topological polar surface area (TPSA) is 56.2 Å². The van der Waals surface area contributed by atoms with Gasteiger partial charge in [-0.15, -0.1) is 0 Å². The molecule has 1 atom stereocenters. The number of likely N-dealkylation sites (N-methyl/N-ethyl adjacent to an activating group) is 1. The molecule has 0 bridgehead atoms. The molecule has 0 spiro atoms. The van der Waals surface area contributed by atoms with Crippen molar-refractivity contribution in [3.63, 3.8) is 0 Å². The van der Waals surface area contributed by atoms with E-state index in [-0.39, 0.29) is 11.9 Å². The van der Waals surface area contributed by atoms with Crippen molar-refractivity contribution in [2.75, 3.05) is 7.05 Å². The average molecular weight is 215 g/mol. The van der Waals surface area contributed by atoms with Crippen molar-refractivity contribution in [3.05, 3.63) is 29.8 Å². The third kappa shape index (κ3) is 1.40. The predicted octanol–water partition coefficient (Wildman–Crippen LogP) is -0.843. The van der Waals surface area contributed by atoms with Crippen LogP contribution in [-0.2, 0) is 10.3 Å². The van der Waals surface area contributed by atoms with Crippen molar-refractivity contribution in [2.45, 2.75) is 12.5 Å². The van der Waals surface area contributed by atoms with Gasteiger partial charge in [-0.25, -0.2) is 0 Å². The van der Waals surface area contributed by atoms with E-state index < -0.39 is 5.54 Å². The zero-order valence-electron chi connectivity index (χ0n) is 9.66. The quantitative estimate of drug-likeness (QED) is 0.600. The van der Waals surface area contributed by atoms with Gasteiger partial charge in [-0.05, 0) is 12.5 Å². The zero-order valence-corrected chi connectivity index (χ0v) is 9.66. The Balaban J connectivity index is 2.48. The van der Waals surface area contributed by atoms with Crippen LogP contribution in [0.4, 0.5) is 0 Å². The fourth-order valence-corrected chi connectivity index (χ4v) is 1.96. The summed E-state index contributed by atoms with van der Waals surface area (Å²) in [6.45, 7) is 1.81. The minimum absolute atomic E-state index is 0.0944. The molecule has 0 saturated carbocycles. The molecule has 1 fully saturated rings. The lowest BCUT2D eigenvalue weighted by molar-refractivity contribution is -0.129. The van der Waals surface area contributed by atoms with E-state index in [1.807, 2.05) is 39.0 Å². The maximum Gasteiger partial charge on any atom is 0.259 e. The molecule has 1 heterocycles. The van der Waals surface area contributed by atoms with E-state index in [0.717, 1.165) is 11.0 Å². The molecule has 0 radical (unpaired) electrons. The number of hydrogen-bond donors (Lipinski definition) is 2. The van der Waals surface area contributed by atoms with E-state index in [2.05, 4.69) is 5.32 Å². The first-order valence-corrected chi connectivity index (χ1v) is 5.17. The first-order chi connectivity index (χ1) is 7.45. The highest BCUT2D eigenvalue weighted by molar-refractivity contribution is 6.32. The van der Waals surface area contributed by atoms with Crippen molar-refractivity contribution in [1.82, 2.24) is 10.2 Å². The van der Waals surface area contributed by atoms with Crippen molar-refractivity contribution < 1.29 is 4.79 Å². The molecule has 2 rings (SSSR count). The molecule has 1 aromatic rings. The second-order valence-electron chi connectivity index (χ2n) is 4.33. The van der Waals surface area contributed by atoms with Crippen LogP contribution in [0.2, 0.25) is 0 Å². The summed E-state index contributed by atoms with van der Waals surface area (Å²) in [5.74, 6) is 0.0529. The van der Waals surface area contributed by atoms with Gasteiger partial charge in [0.05, 0.1) is 0 Å². The van der Waals surface area contributed by atoms with Gasteiger partial charge in [-0.2, -0.15) is 0 Å². The Hall–Kier alpha value is -1.78. The fraction of sp³-hybridized carbons (Fsp3) is 0.273. The van der Waals surface area contributed by atoms with Crippen LogP contribution in [0.25, 0.3) is 0 Å². The molecule has 4 nitrogen and oxygen atoms in total. The molecular formula is C11H14BN3O. The number of carbonyl (C=O) groups excluding carboxylic acids is 1. The third-order valence-electron chi connectivity index (χ3n) is 3.03. The van der Waals surface area contributed by atoms with Gasteiger partial charge >= 0.3 is 0 Å². The second-order valence-corrected chi connectivity index (χ2v) is 4.33. The van der Waals surface area contributed by atoms with Crippen LogP contribution in [0.5, 0.6) is 0 Å². The maximum atomic E-state index is 12.1. The smallest absolute Gasteiger partial charge is 0.259 e. The summed E-state index contributed by atoms with van der Waals surface area (Å²) in [5, 5.41) is 10.6. The summed E-state index contributed by atoms with van der Waals surface area (Å²) in [6, 6.07) is 7.79. The van der Waals surface area contributed by atoms with Gasteiger partial charge in [0.2, 0.25) is 0 Å². The van der Waals surface area contributed by atoms with Gasteiger partial charge in [0.15, 0.2) is 5.96 Å². The third-order valence-corrected chi connectivity index (χ3v) is 3.03. The maximum absolute atomic E-state index is 12.1. The summed E-state index contributed by atoms with van der Waals surface area (Å²) in [7, 11) is 3.60. The fourth-order valence-electron chi connectivity index (χ4n) is 1.96. The van der Waals surface area contributed by atoms with E-state index in [0.29, 0.717) is 0 Å². The molecule has 1 unspecified atom stereocenters. The van der Waals surface area contributed by atoms with Crippen LogP contribution in [0.3, 0.4) is 0 Å². The number of amides is 1. The van der Waals surface area contributed by atoms with E-state index in [4.69, 9.17) is 5.41 Å².